The topological polar surface area (TPSA) is 76.1 Å². The van der Waals surface area contributed by atoms with Crippen LogP contribution in [0.2, 0.25) is 0 Å². The van der Waals surface area contributed by atoms with Gasteiger partial charge in [-0.25, -0.2) is 0 Å². The average molecular weight is 273 g/mol. The Labute approximate surface area is 113 Å². The number of ether oxygens (including phenoxy) is 4. The molecule has 110 valence electrons. The van der Waals surface area contributed by atoms with E-state index in [2.05, 4.69) is 0 Å². The minimum absolute atomic E-state index is 0.438. The molecule has 1 aromatic rings. The van der Waals surface area contributed by atoms with Crippen molar-refractivity contribution < 1.29 is 23.4 Å². The highest BCUT2D eigenvalue weighted by atomic mass is 16.6. The molecule has 0 aromatic carbocycles. The first-order valence-electron chi connectivity index (χ1n) is 6.35. The van der Waals surface area contributed by atoms with Crippen LogP contribution in [-0.4, -0.2) is 46.8 Å². The molecule has 0 aliphatic heterocycles. The molecule has 0 bridgehead atoms. The summed E-state index contributed by atoms with van der Waals surface area (Å²) in [5.41, 5.74) is 6.45. The van der Waals surface area contributed by atoms with Crippen LogP contribution < -0.4 is 5.73 Å². The Kier molecular flexibility index (Phi) is 9.30. The van der Waals surface area contributed by atoms with E-state index in [-0.39, 0.29) is 0 Å². The van der Waals surface area contributed by atoms with Crippen molar-refractivity contribution in [2.75, 3.05) is 46.8 Å². The second-order valence-corrected chi connectivity index (χ2v) is 3.90. The van der Waals surface area contributed by atoms with Crippen molar-refractivity contribution in [3.63, 3.8) is 0 Å². The van der Waals surface area contributed by atoms with Crippen LogP contribution in [0.25, 0.3) is 0 Å². The second-order valence-electron chi connectivity index (χ2n) is 3.90. The van der Waals surface area contributed by atoms with Crippen LogP contribution in [0, 0.1) is 0 Å². The van der Waals surface area contributed by atoms with Gasteiger partial charge in [0.25, 0.3) is 0 Å². The van der Waals surface area contributed by atoms with Crippen LogP contribution in [0.1, 0.15) is 11.3 Å². The van der Waals surface area contributed by atoms with Gasteiger partial charge in [0, 0.05) is 19.2 Å². The molecule has 19 heavy (non-hydrogen) atoms. The molecule has 6 heteroatoms. The molecular formula is C13H23NO5. The molecule has 1 heterocycles. The Bertz CT molecular complexity index is 316. The van der Waals surface area contributed by atoms with Gasteiger partial charge in [0.15, 0.2) is 0 Å². The fourth-order valence-corrected chi connectivity index (χ4v) is 1.36. The molecular weight excluding hydrogens is 250 g/mol. The number of hydrogen-bond donors (Lipinski definition) is 1. The summed E-state index contributed by atoms with van der Waals surface area (Å²) in [6.45, 7) is 4.32. The molecule has 0 aliphatic rings. The maximum absolute atomic E-state index is 5.48. The Morgan fingerprint density at radius 3 is 2.21 bits per heavy atom. The van der Waals surface area contributed by atoms with Crippen LogP contribution in [0.3, 0.4) is 0 Å². The lowest BCUT2D eigenvalue weighted by Crippen LogP contribution is -2.11. The van der Waals surface area contributed by atoms with Gasteiger partial charge in [0.05, 0.1) is 45.9 Å². The van der Waals surface area contributed by atoms with Crippen molar-refractivity contribution in [1.29, 1.82) is 0 Å². The van der Waals surface area contributed by atoms with E-state index in [1.54, 1.807) is 13.4 Å². The summed E-state index contributed by atoms with van der Waals surface area (Å²) in [6.07, 6.45) is 1.65. The number of methoxy groups -OCH3 is 1. The number of rotatable bonds is 12. The molecule has 0 saturated heterocycles. The Morgan fingerprint density at radius 1 is 1.00 bits per heavy atom. The molecule has 0 unspecified atom stereocenters. The summed E-state index contributed by atoms with van der Waals surface area (Å²) in [6, 6.07) is 1.89. The van der Waals surface area contributed by atoms with Crippen molar-refractivity contribution in [3.8, 4) is 0 Å². The van der Waals surface area contributed by atoms with E-state index in [4.69, 9.17) is 29.1 Å². The quantitative estimate of drug-likeness (QED) is 0.571. The minimum Gasteiger partial charge on any atom is -0.467 e. The van der Waals surface area contributed by atoms with Crippen LogP contribution in [0.4, 0.5) is 0 Å². The minimum atomic E-state index is 0.438. The van der Waals surface area contributed by atoms with Crippen LogP contribution >= 0.6 is 0 Å². The van der Waals surface area contributed by atoms with E-state index in [1.165, 1.54) is 0 Å². The summed E-state index contributed by atoms with van der Waals surface area (Å²) in [4.78, 5) is 0. The highest BCUT2D eigenvalue weighted by Crippen LogP contribution is 2.07. The first-order chi connectivity index (χ1) is 9.36. The Balaban J connectivity index is 1.86. The van der Waals surface area contributed by atoms with Crippen molar-refractivity contribution in [2.45, 2.75) is 13.2 Å². The van der Waals surface area contributed by atoms with Gasteiger partial charge in [-0.05, 0) is 6.07 Å². The Morgan fingerprint density at radius 2 is 1.63 bits per heavy atom. The standard InChI is InChI=1S/C13H23NO5/c1-15-2-3-16-4-5-17-6-7-18-11-13-8-12(9-14)10-19-13/h8,10H,2-7,9,11,14H2,1H3. The van der Waals surface area contributed by atoms with E-state index in [0.29, 0.717) is 52.8 Å². The number of hydrogen-bond acceptors (Lipinski definition) is 6. The first-order valence-corrected chi connectivity index (χ1v) is 6.35. The van der Waals surface area contributed by atoms with Crippen molar-refractivity contribution in [3.05, 3.63) is 23.7 Å². The van der Waals surface area contributed by atoms with Gasteiger partial charge < -0.3 is 29.1 Å². The molecule has 0 saturated carbocycles. The van der Waals surface area contributed by atoms with Crippen molar-refractivity contribution in [2.24, 2.45) is 5.73 Å². The normalized spacial score (nSPS) is 11.1. The maximum atomic E-state index is 5.48. The van der Waals surface area contributed by atoms with E-state index < -0.39 is 0 Å². The third-order valence-electron chi connectivity index (χ3n) is 2.36. The van der Waals surface area contributed by atoms with Crippen molar-refractivity contribution >= 4 is 0 Å². The first kappa shape index (κ1) is 16.1. The average Bonchev–Trinajstić information content (AvgIpc) is 2.89. The molecule has 1 rings (SSSR count). The molecule has 0 spiro atoms. The zero-order valence-corrected chi connectivity index (χ0v) is 11.4. The van der Waals surface area contributed by atoms with E-state index >= 15 is 0 Å². The van der Waals surface area contributed by atoms with Gasteiger partial charge in [-0.1, -0.05) is 0 Å². The van der Waals surface area contributed by atoms with Gasteiger partial charge in [-0.3, -0.25) is 0 Å². The highest BCUT2D eigenvalue weighted by Gasteiger charge is 2.00. The molecule has 0 aliphatic carbocycles. The SMILES string of the molecule is COCCOCCOCCOCc1cc(CN)co1. The van der Waals surface area contributed by atoms with E-state index in [9.17, 15) is 0 Å². The largest absolute Gasteiger partial charge is 0.467 e. The zero-order valence-electron chi connectivity index (χ0n) is 11.4. The molecule has 1 aromatic heterocycles. The lowest BCUT2D eigenvalue weighted by molar-refractivity contribution is -0.00125. The van der Waals surface area contributed by atoms with Gasteiger partial charge in [-0.15, -0.1) is 0 Å². The monoisotopic (exact) mass is 273 g/mol. The fraction of sp³-hybridized carbons (Fsp3) is 0.692. The zero-order chi connectivity index (χ0) is 13.8. The Hall–Kier alpha value is -0.920. The lowest BCUT2D eigenvalue weighted by atomic mass is 10.3. The molecule has 6 nitrogen and oxygen atoms in total. The molecule has 0 atom stereocenters. The van der Waals surface area contributed by atoms with Crippen molar-refractivity contribution in [1.82, 2.24) is 0 Å². The summed E-state index contributed by atoms with van der Waals surface area (Å²) in [7, 11) is 1.65. The summed E-state index contributed by atoms with van der Waals surface area (Å²) >= 11 is 0. The van der Waals surface area contributed by atoms with Crippen LogP contribution in [0.5, 0.6) is 0 Å². The summed E-state index contributed by atoms with van der Waals surface area (Å²) in [5, 5.41) is 0. The highest BCUT2D eigenvalue weighted by molar-refractivity contribution is 5.11. The van der Waals surface area contributed by atoms with Gasteiger partial charge >= 0.3 is 0 Å². The number of furan rings is 1. The predicted molar refractivity (Wildman–Crippen MR) is 69.8 cm³/mol. The molecule has 0 amide bonds. The summed E-state index contributed by atoms with van der Waals surface area (Å²) < 4.78 is 26.1. The van der Waals surface area contributed by atoms with Crippen LogP contribution in [0.15, 0.2) is 16.7 Å². The van der Waals surface area contributed by atoms with E-state index in [0.717, 1.165) is 11.3 Å². The van der Waals surface area contributed by atoms with Gasteiger partial charge in [0.1, 0.15) is 12.4 Å². The van der Waals surface area contributed by atoms with Gasteiger partial charge in [-0.2, -0.15) is 0 Å². The molecule has 0 radical (unpaired) electrons. The fourth-order valence-electron chi connectivity index (χ4n) is 1.36. The smallest absolute Gasteiger partial charge is 0.129 e. The second kappa shape index (κ2) is 11.0. The summed E-state index contributed by atoms with van der Waals surface area (Å²) in [5.74, 6) is 0.781. The van der Waals surface area contributed by atoms with E-state index in [1.807, 2.05) is 6.07 Å². The maximum Gasteiger partial charge on any atom is 0.129 e. The third kappa shape index (κ3) is 7.97. The predicted octanol–water partition coefficient (Wildman–Crippen LogP) is 0.934. The third-order valence-corrected chi connectivity index (χ3v) is 2.36. The number of nitrogens with two attached hydrogens (primary N) is 1. The lowest BCUT2D eigenvalue weighted by Gasteiger charge is -2.05. The van der Waals surface area contributed by atoms with Gasteiger partial charge in [0.2, 0.25) is 0 Å². The molecule has 2 N–H and O–H groups in total. The molecule has 0 fully saturated rings. The van der Waals surface area contributed by atoms with Crippen LogP contribution in [-0.2, 0) is 32.1 Å².